The number of nitrogens with zero attached hydrogens (tertiary/aromatic N) is 3. The van der Waals surface area contributed by atoms with Crippen molar-refractivity contribution in [1.82, 2.24) is 9.38 Å². The van der Waals surface area contributed by atoms with Crippen molar-refractivity contribution < 1.29 is 27.6 Å². The fourth-order valence-electron chi connectivity index (χ4n) is 3.08. The van der Waals surface area contributed by atoms with E-state index in [0.29, 0.717) is 22.6 Å². The Morgan fingerprint density at radius 3 is 2.70 bits per heavy atom. The summed E-state index contributed by atoms with van der Waals surface area (Å²) in [4.78, 5) is 39.4. The second kappa shape index (κ2) is 8.50. The Hall–Kier alpha value is -4.00. The first-order chi connectivity index (χ1) is 15.6. The van der Waals surface area contributed by atoms with Crippen molar-refractivity contribution in [2.75, 3.05) is 11.9 Å². The molecule has 0 aliphatic heterocycles. The number of benzene rings is 2. The zero-order valence-corrected chi connectivity index (χ0v) is 17.3. The standard InChI is InChI=1S/C20H13F3N4O5S/c21-20(22,23)11-5-6-13(15(7-11)27(30)31)24-9-18(29)32-10-12-8-17(28)26-14-3-1-2-4-16(14)33-19(26)25-12/h1-8,24H,9-10H2. The number of esters is 1. The lowest BCUT2D eigenvalue weighted by Crippen LogP contribution is -2.19. The molecule has 9 nitrogen and oxygen atoms in total. The topological polar surface area (TPSA) is 116 Å². The van der Waals surface area contributed by atoms with Crippen molar-refractivity contribution in [3.8, 4) is 0 Å². The third kappa shape index (κ3) is 4.62. The molecule has 4 aromatic rings. The van der Waals surface area contributed by atoms with Crippen LogP contribution in [0.5, 0.6) is 0 Å². The average molecular weight is 478 g/mol. The summed E-state index contributed by atoms with van der Waals surface area (Å²) in [5.41, 5.74) is -1.71. The highest BCUT2D eigenvalue weighted by atomic mass is 32.1. The molecule has 0 saturated carbocycles. The number of nitrogens with one attached hydrogen (secondary N) is 1. The Labute approximate surface area is 186 Å². The SMILES string of the molecule is O=C(CNc1ccc(C(F)(F)F)cc1[N+](=O)[O-])OCc1cc(=O)n2c(n1)sc1ccccc12. The molecular formula is C20H13F3N4O5S. The number of nitro groups is 1. The number of alkyl halides is 3. The lowest BCUT2D eigenvalue weighted by atomic mass is 10.1. The minimum absolute atomic E-state index is 0.209. The lowest BCUT2D eigenvalue weighted by Gasteiger charge is -2.10. The van der Waals surface area contributed by atoms with E-state index < -0.39 is 34.9 Å². The van der Waals surface area contributed by atoms with Gasteiger partial charge in [-0.25, -0.2) is 4.98 Å². The zero-order chi connectivity index (χ0) is 23.8. The van der Waals surface area contributed by atoms with Crippen molar-refractivity contribution in [1.29, 1.82) is 0 Å². The summed E-state index contributed by atoms with van der Waals surface area (Å²) in [6, 6.07) is 10.4. The molecule has 2 aromatic carbocycles. The molecule has 0 fully saturated rings. The van der Waals surface area contributed by atoms with Gasteiger partial charge in [0, 0.05) is 12.1 Å². The molecule has 0 unspecified atom stereocenters. The van der Waals surface area contributed by atoms with E-state index in [-0.39, 0.29) is 23.5 Å². The molecule has 0 radical (unpaired) electrons. The maximum Gasteiger partial charge on any atom is 0.416 e. The first-order valence-corrected chi connectivity index (χ1v) is 10.1. The van der Waals surface area contributed by atoms with Crippen molar-refractivity contribution in [2.24, 2.45) is 0 Å². The second-order valence-electron chi connectivity index (χ2n) is 6.77. The largest absolute Gasteiger partial charge is 0.458 e. The molecule has 170 valence electrons. The Morgan fingerprint density at radius 2 is 1.97 bits per heavy atom. The molecule has 0 amide bonds. The molecule has 2 heterocycles. The Morgan fingerprint density at radius 1 is 1.21 bits per heavy atom. The first kappa shape index (κ1) is 22.2. The van der Waals surface area contributed by atoms with E-state index in [1.54, 1.807) is 12.1 Å². The minimum atomic E-state index is -4.75. The van der Waals surface area contributed by atoms with Crippen LogP contribution in [0.25, 0.3) is 15.2 Å². The molecule has 1 N–H and O–H groups in total. The van der Waals surface area contributed by atoms with Crippen LogP contribution in [0.4, 0.5) is 24.5 Å². The van der Waals surface area contributed by atoms with Gasteiger partial charge in [-0.15, -0.1) is 0 Å². The average Bonchev–Trinajstić information content (AvgIpc) is 3.14. The molecule has 0 aliphatic rings. The fourth-order valence-corrected chi connectivity index (χ4v) is 4.13. The number of nitro benzene ring substituents is 1. The van der Waals surface area contributed by atoms with Gasteiger partial charge in [0.15, 0.2) is 4.96 Å². The first-order valence-electron chi connectivity index (χ1n) is 9.29. The van der Waals surface area contributed by atoms with Gasteiger partial charge in [-0.2, -0.15) is 13.2 Å². The normalized spacial score (nSPS) is 11.6. The third-order valence-electron chi connectivity index (χ3n) is 4.57. The molecule has 0 bridgehead atoms. The summed E-state index contributed by atoms with van der Waals surface area (Å²) in [7, 11) is 0. The molecule has 4 rings (SSSR count). The number of carbonyl (C=O) groups is 1. The highest BCUT2D eigenvalue weighted by Gasteiger charge is 2.33. The van der Waals surface area contributed by atoms with Gasteiger partial charge in [0.1, 0.15) is 18.8 Å². The van der Waals surface area contributed by atoms with Crippen molar-refractivity contribution in [2.45, 2.75) is 12.8 Å². The van der Waals surface area contributed by atoms with Crippen LogP contribution < -0.4 is 10.9 Å². The van der Waals surface area contributed by atoms with E-state index in [2.05, 4.69) is 10.3 Å². The second-order valence-corrected chi connectivity index (χ2v) is 7.78. The number of ether oxygens (including phenoxy) is 1. The number of aromatic nitrogens is 2. The molecule has 13 heteroatoms. The van der Waals surface area contributed by atoms with Gasteiger partial charge in [-0.1, -0.05) is 23.5 Å². The number of para-hydroxylation sites is 1. The molecule has 0 spiro atoms. The monoisotopic (exact) mass is 478 g/mol. The smallest absolute Gasteiger partial charge is 0.416 e. The predicted octanol–water partition coefficient (Wildman–Crippen LogP) is 3.99. The quantitative estimate of drug-likeness (QED) is 0.253. The van der Waals surface area contributed by atoms with Gasteiger partial charge >= 0.3 is 12.1 Å². The molecule has 0 atom stereocenters. The lowest BCUT2D eigenvalue weighted by molar-refractivity contribution is -0.384. The van der Waals surface area contributed by atoms with E-state index in [1.165, 1.54) is 21.8 Å². The van der Waals surface area contributed by atoms with Crippen LogP contribution in [0.1, 0.15) is 11.3 Å². The number of thiazole rings is 1. The summed E-state index contributed by atoms with van der Waals surface area (Å²) in [6.07, 6.45) is -4.75. The maximum atomic E-state index is 12.8. The number of hydrogen-bond acceptors (Lipinski definition) is 8. The Balaban J connectivity index is 1.44. The van der Waals surface area contributed by atoms with Crippen molar-refractivity contribution >= 4 is 43.9 Å². The minimum Gasteiger partial charge on any atom is -0.458 e. The van der Waals surface area contributed by atoms with E-state index in [9.17, 15) is 32.9 Å². The molecule has 0 saturated heterocycles. The van der Waals surface area contributed by atoms with Crippen LogP contribution >= 0.6 is 11.3 Å². The number of hydrogen-bond donors (Lipinski definition) is 1. The molecule has 33 heavy (non-hydrogen) atoms. The highest BCUT2D eigenvalue weighted by molar-refractivity contribution is 7.23. The van der Waals surface area contributed by atoms with E-state index >= 15 is 0 Å². The number of fused-ring (bicyclic) bond motifs is 3. The van der Waals surface area contributed by atoms with E-state index in [0.717, 1.165) is 10.8 Å². The molecular weight excluding hydrogens is 465 g/mol. The van der Waals surface area contributed by atoms with Gasteiger partial charge < -0.3 is 10.1 Å². The van der Waals surface area contributed by atoms with Crippen LogP contribution in [0.15, 0.2) is 53.3 Å². The van der Waals surface area contributed by atoms with Crippen LogP contribution in [-0.4, -0.2) is 26.8 Å². The van der Waals surface area contributed by atoms with E-state index in [4.69, 9.17) is 4.74 Å². The summed E-state index contributed by atoms with van der Waals surface area (Å²) in [5.74, 6) is -0.845. The summed E-state index contributed by atoms with van der Waals surface area (Å²) in [5, 5.41) is 13.5. The maximum absolute atomic E-state index is 12.8. The summed E-state index contributed by atoms with van der Waals surface area (Å²) in [6.45, 7) is -0.869. The number of rotatable bonds is 6. The van der Waals surface area contributed by atoms with Crippen molar-refractivity contribution in [3.05, 3.63) is 80.3 Å². The van der Waals surface area contributed by atoms with Crippen LogP contribution in [-0.2, 0) is 22.3 Å². The number of anilines is 1. The van der Waals surface area contributed by atoms with Gasteiger partial charge in [0.05, 0.1) is 26.4 Å². The van der Waals surface area contributed by atoms with Gasteiger partial charge in [-0.3, -0.25) is 24.1 Å². The third-order valence-corrected chi connectivity index (χ3v) is 5.60. The highest BCUT2D eigenvalue weighted by Crippen LogP contribution is 2.34. The van der Waals surface area contributed by atoms with Gasteiger partial charge in [-0.05, 0) is 24.3 Å². The summed E-state index contributed by atoms with van der Waals surface area (Å²) < 4.78 is 45.7. The number of halogens is 3. The molecule has 0 aliphatic carbocycles. The molecule has 2 aromatic heterocycles. The van der Waals surface area contributed by atoms with E-state index in [1.807, 2.05) is 12.1 Å². The van der Waals surface area contributed by atoms with Crippen LogP contribution in [0, 0.1) is 10.1 Å². The van der Waals surface area contributed by atoms with Crippen LogP contribution in [0.3, 0.4) is 0 Å². The Kier molecular flexibility index (Phi) is 5.72. The van der Waals surface area contributed by atoms with Gasteiger partial charge in [0.2, 0.25) is 0 Å². The van der Waals surface area contributed by atoms with Gasteiger partial charge in [0.25, 0.3) is 11.2 Å². The summed E-state index contributed by atoms with van der Waals surface area (Å²) >= 11 is 1.29. The predicted molar refractivity (Wildman–Crippen MR) is 113 cm³/mol. The van der Waals surface area contributed by atoms with Crippen molar-refractivity contribution in [3.63, 3.8) is 0 Å². The zero-order valence-electron chi connectivity index (χ0n) is 16.5. The van der Waals surface area contributed by atoms with Crippen LogP contribution in [0.2, 0.25) is 0 Å². The Bertz CT molecular complexity index is 1450. The number of carbonyl (C=O) groups excluding carboxylic acids is 1. The fraction of sp³-hybridized carbons (Fsp3) is 0.150.